The lowest BCUT2D eigenvalue weighted by Gasteiger charge is -2.14. The second-order valence-electron chi connectivity index (χ2n) is 5.79. The zero-order valence-corrected chi connectivity index (χ0v) is 14.7. The van der Waals surface area contributed by atoms with E-state index in [-0.39, 0.29) is 22.9 Å². The van der Waals surface area contributed by atoms with Crippen molar-refractivity contribution in [3.05, 3.63) is 76.6 Å². The SMILES string of the molecule is Cc1nn(-c2ccccc2)c(Cl)c1C(=O)NC(C)c1cccc(O)c1. The van der Waals surface area contributed by atoms with Gasteiger partial charge in [-0.05, 0) is 43.7 Å². The standard InChI is InChI=1S/C19H18ClN3O2/c1-12(14-7-6-10-16(24)11-14)21-19(25)17-13(2)22-23(18(17)20)15-8-4-3-5-9-15/h3-12,24H,1-2H3,(H,21,25). The number of benzene rings is 2. The summed E-state index contributed by atoms with van der Waals surface area (Å²) in [6, 6.07) is 15.9. The van der Waals surface area contributed by atoms with E-state index in [9.17, 15) is 9.90 Å². The molecule has 2 N–H and O–H groups in total. The van der Waals surface area contributed by atoms with Gasteiger partial charge in [-0.3, -0.25) is 4.79 Å². The van der Waals surface area contributed by atoms with Gasteiger partial charge in [0.15, 0.2) is 0 Å². The second-order valence-corrected chi connectivity index (χ2v) is 6.15. The first-order valence-corrected chi connectivity index (χ1v) is 8.25. The van der Waals surface area contributed by atoms with Crippen LogP contribution in [0.2, 0.25) is 5.15 Å². The smallest absolute Gasteiger partial charge is 0.256 e. The van der Waals surface area contributed by atoms with Crippen molar-refractivity contribution < 1.29 is 9.90 Å². The van der Waals surface area contributed by atoms with Gasteiger partial charge in [0.2, 0.25) is 0 Å². The Balaban J connectivity index is 1.87. The van der Waals surface area contributed by atoms with Crippen LogP contribution in [0.3, 0.4) is 0 Å². The summed E-state index contributed by atoms with van der Waals surface area (Å²) in [5, 5.41) is 17.1. The number of amides is 1. The number of rotatable bonds is 4. The zero-order chi connectivity index (χ0) is 18.0. The predicted octanol–water partition coefficient (Wildman–Crippen LogP) is 4.03. The number of nitrogens with one attached hydrogen (secondary N) is 1. The molecular formula is C19H18ClN3O2. The van der Waals surface area contributed by atoms with Crippen LogP contribution in [0.15, 0.2) is 54.6 Å². The minimum atomic E-state index is -0.305. The Morgan fingerprint density at radius 1 is 1.20 bits per heavy atom. The lowest BCUT2D eigenvalue weighted by molar-refractivity contribution is 0.0939. The lowest BCUT2D eigenvalue weighted by Crippen LogP contribution is -2.27. The highest BCUT2D eigenvalue weighted by Gasteiger charge is 2.22. The van der Waals surface area contributed by atoms with Crippen LogP contribution in [-0.4, -0.2) is 20.8 Å². The predicted molar refractivity (Wildman–Crippen MR) is 97.3 cm³/mol. The van der Waals surface area contributed by atoms with Gasteiger partial charge < -0.3 is 10.4 Å². The first kappa shape index (κ1) is 17.0. The van der Waals surface area contributed by atoms with Crippen molar-refractivity contribution >= 4 is 17.5 Å². The third kappa shape index (κ3) is 3.51. The third-order valence-corrected chi connectivity index (χ3v) is 4.30. The quantitative estimate of drug-likeness (QED) is 0.742. The highest BCUT2D eigenvalue weighted by molar-refractivity contribution is 6.33. The minimum Gasteiger partial charge on any atom is -0.508 e. The van der Waals surface area contributed by atoms with E-state index in [0.717, 1.165) is 11.3 Å². The summed E-state index contributed by atoms with van der Waals surface area (Å²) in [6.45, 7) is 3.59. The maximum absolute atomic E-state index is 12.7. The number of phenolic OH excluding ortho intramolecular Hbond substituents is 1. The van der Waals surface area contributed by atoms with Crippen LogP contribution in [-0.2, 0) is 0 Å². The summed E-state index contributed by atoms with van der Waals surface area (Å²) < 4.78 is 1.55. The van der Waals surface area contributed by atoms with Crippen molar-refractivity contribution in [1.29, 1.82) is 0 Å². The van der Waals surface area contributed by atoms with Gasteiger partial charge in [0.25, 0.3) is 5.91 Å². The van der Waals surface area contributed by atoms with Crippen LogP contribution in [0.1, 0.15) is 34.6 Å². The van der Waals surface area contributed by atoms with Gasteiger partial charge in [-0.25, -0.2) is 4.68 Å². The number of nitrogens with zero attached hydrogens (tertiary/aromatic N) is 2. The van der Waals surface area contributed by atoms with Crippen LogP contribution >= 0.6 is 11.6 Å². The van der Waals surface area contributed by atoms with E-state index in [2.05, 4.69) is 10.4 Å². The summed E-state index contributed by atoms with van der Waals surface area (Å²) in [5.74, 6) is -0.148. The number of aryl methyl sites for hydroxylation is 1. The molecule has 25 heavy (non-hydrogen) atoms. The Morgan fingerprint density at radius 2 is 1.92 bits per heavy atom. The van der Waals surface area contributed by atoms with Crippen molar-refractivity contribution in [2.24, 2.45) is 0 Å². The monoisotopic (exact) mass is 355 g/mol. The summed E-state index contributed by atoms with van der Waals surface area (Å²) in [5.41, 5.74) is 2.49. The maximum atomic E-state index is 12.7. The van der Waals surface area contributed by atoms with Crippen LogP contribution in [0, 0.1) is 6.92 Å². The molecule has 0 fully saturated rings. The number of phenols is 1. The average molecular weight is 356 g/mol. The number of hydrogen-bond acceptors (Lipinski definition) is 3. The normalized spacial score (nSPS) is 12.0. The molecule has 0 spiro atoms. The molecule has 3 aromatic rings. The number of aromatic nitrogens is 2. The van der Waals surface area contributed by atoms with Gasteiger partial charge in [-0.15, -0.1) is 0 Å². The van der Waals surface area contributed by atoms with E-state index >= 15 is 0 Å². The van der Waals surface area contributed by atoms with Crippen molar-refractivity contribution in [1.82, 2.24) is 15.1 Å². The molecule has 0 aliphatic heterocycles. The molecule has 0 radical (unpaired) electrons. The van der Waals surface area contributed by atoms with Crippen LogP contribution in [0.25, 0.3) is 5.69 Å². The van der Waals surface area contributed by atoms with E-state index in [1.807, 2.05) is 43.3 Å². The topological polar surface area (TPSA) is 67.2 Å². The van der Waals surface area contributed by atoms with Gasteiger partial charge in [-0.2, -0.15) is 5.10 Å². The number of halogens is 1. The van der Waals surface area contributed by atoms with Crippen LogP contribution in [0.4, 0.5) is 0 Å². The van der Waals surface area contributed by atoms with E-state index in [1.54, 1.807) is 29.8 Å². The summed E-state index contributed by atoms with van der Waals surface area (Å²) in [6.07, 6.45) is 0. The molecule has 3 rings (SSSR count). The highest BCUT2D eigenvalue weighted by Crippen LogP contribution is 2.25. The highest BCUT2D eigenvalue weighted by atomic mass is 35.5. The Morgan fingerprint density at radius 3 is 2.60 bits per heavy atom. The Kier molecular flexibility index (Phi) is 4.76. The first-order chi connectivity index (χ1) is 12.0. The molecule has 128 valence electrons. The van der Waals surface area contributed by atoms with Crippen molar-refractivity contribution in [2.75, 3.05) is 0 Å². The second kappa shape index (κ2) is 6.99. The average Bonchev–Trinajstić information content (AvgIpc) is 2.90. The molecule has 0 aliphatic rings. The van der Waals surface area contributed by atoms with E-state index < -0.39 is 0 Å². The van der Waals surface area contributed by atoms with Gasteiger partial charge in [0.05, 0.1) is 23.0 Å². The fourth-order valence-corrected chi connectivity index (χ4v) is 3.00. The molecule has 1 atom stereocenters. The fourth-order valence-electron chi connectivity index (χ4n) is 2.64. The molecule has 5 nitrogen and oxygen atoms in total. The molecule has 0 aliphatic carbocycles. The number of hydrogen-bond donors (Lipinski definition) is 2. The van der Waals surface area contributed by atoms with Crippen molar-refractivity contribution in [3.63, 3.8) is 0 Å². The van der Waals surface area contributed by atoms with Gasteiger partial charge in [0.1, 0.15) is 10.9 Å². The molecule has 1 amide bonds. The first-order valence-electron chi connectivity index (χ1n) is 7.87. The van der Waals surface area contributed by atoms with E-state index in [4.69, 9.17) is 11.6 Å². The molecular weight excluding hydrogens is 338 g/mol. The number of aromatic hydroxyl groups is 1. The molecule has 0 saturated carbocycles. The molecule has 2 aromatic carbocycles. The van der Waals surface area contributed by atoms with Gasteiger partial charge in [0, 0.05) is 0 Å². The molecule has 6 heteroatoms. The molecule has 1 unspecified atom stereocenters. The van der Waals surface area contributed by atoms with E-state index in [0.29, 0.717) is 11.3 Å². The van der Waals surface area contributed by atoms with E-state index in [1.165, 1.54) is 0 Å². The van der Waals surface area contributed by atoms with Crippen molar-refractivity contribution in [2.45, 2.75) is 19.9 Å². The summed E-state index contributed by atoms with van der Waals surface area (Å²) in [7, 11) is 0. The maximum Gasteiger partial charge on any atom is 0.256 e. The number of carbonyl (C=O) groups excluding carboxylic acids is 1. The van der Waals surface area contributed by atoms with Crippen molar-refractivity contribution in [3.8, 4) is 11.4 Å². The number of carbonyl (C=O) groups is 1. The lowest BCUT2D eigenvalue weighted by atomic mass is 10.1. The number of para-hydroxylation sites is 1. The summed E-state index contributed by atoms with van der Waals surface area (Å²) in [4.78, 5) is 12.7. The van der Waals surface area contributed by atoms with Gasteiger partial charge in [-0.1, -0.05) is 41.9 Å². The molecule has 0 saturated heterocycles. The molecule has 1 aromatic heterocycles. The largest absolute Gasteiger partial charge is 0.508 e. The molecule has 1 heterocycles. The van der Waals surface area contributed by atoms with Crippen LogP contribution < -0.4 is 5.32 Å². The fraction of sp³-hybridized carbons (Fsp3) is 0.158. The molecule has 0 bridgehead atoms. The Bertz CT molecular complexity index is 906. The Labute approximate surface area is 150 Å². The summed E-state index contributed by atoms with van der Waals surface area (Å²) >= 11 is 6.41. The van der Waals surface area contributed by atoms with Crippen LogP contribution in [0.5, 0.6) is 5.75 Å². The zero-order valence-electron chi connectivity index (χ0n) is 13.9. The van der Waals surface area contributed by atoms with Gasteiger partial charge >= 0.3 is 0 Å². The Hall–Kier alpha value is -2.79. The minimum absolute atomic E-state index is 0.157. The third-order valence-electron chi connectivity index (χ3n) is 3.95.